The van der Waals surface area contributed by atoms with Crippen molar-refractivity contribution in [1.29, 1.82) is 0 Å². The fraction of sp³-hybridized carbons (Fsp3) is 1.00. The van der Waals surface area contributed by atoms with Crippen LogP contribution in [0.4, 0.5) is 0 Å². The Morgan fingerprint density at radius 1 is 1.70 bits per heavy atom. The van der Waals surface area contributed by atoms with Gasteiger partial charge in [0.15, 0.2) is 0 Å². The van der Waals surface area contributed by atoms with Crippen LogP contribution >= 0.6 is 0 Å². The molecule has 0 radical (unpaired) electrons. The summed E-state index contributed by atoms with van der Waals surface area (Å²) in [6.07, 6.45) is 3.13. The average molecular weight is 142 g/mol. The van der Waals surface area contributed by atoms with Gasteiger partial charge in [0.1, 0.15) is 0 Å². The Morgan fingerprint density at radius 2 is 2.50 bits per heavy atom. The molecule has 1 saturated heterocycles. The minimum Gasteiger partial charge on any atom is -0.390 e. The number of fused-ring (bicyclic) bond motifs is 2. The molecule has 2 heteroatoms. The van der Waals surface area contributed by atoms with E-state index in [4.69, 9.17) is 4.74 Å². The van der Waals surface area contributed by atoms with Gasteiger partial charge in [-0.2, -0.15) is 0 Å². The third-order valence-corrected chi connectivity index (χ3v) is 2.98. The van der Waals surface area contributed by atoms with Gasteiger partial charge in [-0.25, -0.2) is 0 Å². The maximum Gasteiger partial charge on any atom is 0.0941 e. The third-order valence-electron chi connectivity index (χ3n) is 2.98. The summed E-state index contributed by atoms with van der Waals surface area (Å²) in [5, 5.41) is 9.40. The lowest BCUT2D eigenvalue weighted by Gasteiger charge is -2.29. The Kier molecular flexibility index (Phi) is 1.29. The number of rotatable bonds is 1. The smallest absolute Gasteiger partial charge is 0.0941 e. The minimum atomic E-state index is -0.278. The quantitative estimate of drug-likeness (QED) is 0.590. The molecule has 2 rings (SSSR count). The minimum absolute atomic E-state index is 0.134. The molecule has 3 unspecified atom stereocenters. The molecule has 2 fully saturated rings. The van der Waals surface area contributed by atoms with Crippen LogP contribution < -0.4 is 0 Å². The number of aliphatic hydroxyl groups is 1. The van der Waals surface area contributed by atoms with Crippen LogP contribution in [0.5, 0.6) is 0 Å². The molecule has 3 atom stereocenters. The van der Waals surface area contributed by atoms with E-state index in [1.165, 1.54) is 6.42 Å². The first-order valence-electron chi connectivity index (χ1n) is 4.05. The lowest BCUT2D eigenvalue weighted by Crippen LogP contribution is -2.38. The fourth-order valence-corrected chi connectivity index (χ4v) is 2.20. The van der Waals surface area contributed by atoms with Crippen LogP contribution in [0.25, 0.3) is 0 Å². The van der Waals surface area contributed by atoms with Gasteiger partial charge >= 0.3 is 0 Å². The van der Waals surface area contributed by atoms with E-state index >= 15 is 0 Å². The number of hydrogen-bond donors (Lipinski definition) is 1. The van der Waals surface area contributed by atoms with Crippen LogP contribution in [0.15, 0.2) is 0 Å². The van der Waals surface area contributed by atoms with E-state index in [0.29, 0.717) is 0 Å². The Labute approximate surface area is 61.2 Å². The molecule has 10 heavy (non-hydrogen) atoms. The molecule has 2 bridgehead atoms. The first kappa shape index (κ1) is 6.62. The van der Waals surface area contributed by atoms with Gasteiger partial charge in [-0.3, -0.25) is 0 Å². The number of ether oxygens (including phenoxy) is 1. The zero-order chi connectivity index (χ0) is 7.19. The van der Waals surface area contributed by atoms with Gasteiger partial charge in [0, 0.05) is 0 Å². The lowest BCUT2D eigenvalue weighted by molar-refractivity contribution is -0.0928. The molecule has 1 heterocycles. The van der Waals surface area contributed by atoms with Crippen molar-refractivity contribution in [2.45, 2.75) is 37.9 Å². The Bertz CT molecular complexity index is 134. The highest BCUT2D eigenvalue weighted by molar-refractivity contribution is 4.99. The van der Waals surface area contributed by atoms with Gasteiger partial charge in [-0.05, 0) is 32.1 Å². The zero-order valence-electron chi connectivity index (χ0n) is 6.34. The van der Waals surface area contributed by atoms with E-state index in [9.17, 15) is 5.11 Å². The first-order valence-corrected chi connectivity index (χ1v) is 4.05. The van der Waals surface area contributed by atoms with Crippen molar-refractivity contribution in [2.75, 3.05) is 6.61 Å². The molecular formula is C8H14O2. The molecule has 1 aliphatic carbocycles. The second-order valence-corrected chi connectivity index (χ2v) is 3.66. The van der Waals surface area contributed by atoms with Gasteiger partial charge in [0.05, 0.1) is 18.3 Å². The summed E-state index contributed by atoms with van der Waals surface area (Å²) >= 11 is 0. The fourth-order valence-electron chi connectivity index (χ4n) is 2.20. The third kappa shape index (κ3) is 0.722. The number of aliphatic hydroxyl groups excluding tert-OH is 1. The SMILES string of the molecule is CC(O)C12CCC(CO1)C2. The van der Waals surface area contributed by atoms with Crippen molar-refractivity contribution in [3.8, 4) is 0 Å². The second kappa shape index (κ2) is 1.95. The molecular weight excluding hydrogens is 128 g/mol. The van der Waals surface area contributed by atoms with Crippen LogP contribution in [0.3, 0.4) is 0 Å². The molecule has 2 nitrogen and oxygen atoms in total. The molecule has 1 saturated carbocycles. The molecule has 0 aromatic rings. The Morgan fingerprint density at radius 3 is 2.70 bits per heavy atom. The van der Waals surface area contributed by atoms with Crippen molar-refractivity contribution in [1.82, 2.24) is 0 Å². The van der Waals surface area contributed by atoms with E-state index in [0.717, 1.165) is 25.4 Å². The zero-order valence-corrected chi connectivity index (χ0v) is 6.34. The summed E-state index contributed by atoms with van der Waals surface area (Å²) in [5.74, 6) is 0.745. The topological polar surface area (TPSA) is 29.5 Å². The average Bonchev–Trinajstić information content (AvgIpc) is 2.45. The maximum absolute atomic E-state index is 9.40. The summed E-state index contributed by atoms with van der Waals surface area (Å²) in [7, 11) is 0. The van der Waals surface area contributed by atoms with Gasteiger partial charge in [-0.15, -0.1) is 0 Å². The summed E-state index contributed by atoms with van der Waals surface area (Å²) in [5.41, 5.74) is -0.134. The van der Waals surface area contributed by atoms with Gasteiger partial charge in [0.2, 0.25) is 0 Å². The van der Waals surface area contributed by atoms with E-state index in [1.807, 2.05) is 6.92 Å². The molecule has 1 N–H and O–H groups in total. The van der Waals surface area contributed by atoms with Crippen LogP contribution in [0.1, 0.15) is 26.2 Å². The standard InChI is InChI=1S/C8H14O2/c1-6(9)8-3-2-7(4-8)5-10-8/h6-7,9H,2-5H2,1H3. The van der Waals surface area contributed by atoms with E-state index < -0.39 is 0 Å². The molecule has 1 aliphatic heterocycles. The predicted molar refractivity (Wildman–Crippen MR) is 37.7 cm³/mol. The molecule has 58 valence electrons. The largest absolute Gasteiger partial charge is 0.390 e. The highest BCUT2D eigenvalue weighted by Crippen LogP contribution is 2.46. The summed E-state index contributed by atoms with van der Waals surface area (Å²) < 4.78 is 5.55. The van der Waals surface area contributed by atoms with Crippen molar-refractivity contribution in [3.63, 3.8) is 0 Å². The summed E-state index contributed by atoms with van der Waals surface area (Å²) in [6, 6.07) is 0. The van der Waals surface area contributed by atoms with Gasteiger partial charge in [-0.1, -0.05) is 0 Å². The molecule has 0 aromatic carbocycles. The van der Waals surface area contributed by atoms with Crippen molar-refractivity contribution in [2.24, 2.45) is 5.92 Å². The van der Waals surface area contributed by atoms with Crippen molar-refractivity contribution in [3.05, 3.63) is 0 Å². The molecule has 2 aliphatic rings. The highest BCUT2D eigenvalue weighted by Gasteiger charge is 2.49. The van der Waals surface area contributed by atoms with Crippen LogP contribution in [-0.4, -0.2) is 23.4 Å². The molecule has 0 amide bonds. The monoisotopic (exact) mass is 142 g/mol. The van der Waals surface area contributed by atoms with E-state index in [1.54, 1.807) is 0 Å². The van der Waals surface area contributed by atoms with Crippen LogP contribution in [0.2, 0.25) is 0 Å². The van der Waals surface area contributed by atoms with Crippen LogP contribution in [0, 0.1) is 5.92 Å². The van der Waals surface area contributed by atoms with Crippen LogP contribution in [-0.2, 0) is 4.74 Å². The number of hydrogen-bond acceptors (Lipinski definition) is 2. The molecule has 0 spiro atoms. The van der Waals surface area contributed by atoms with Gasteiger partial charge < -0.3 is 9.84 Å². The lowest BCUT2D eigenvalue weighted by atomic mass is 9.96. The first-order chi connectivity index (χ1) is 4.73. The summed E-state index contributed by atoms with van der Waals surface area (Å²) in [6.45, 7) is 2.72. The van der Waals surface area contributed by atoms with E-state index in [2.05, 4.69) is 0 Å². The Hall–Kier alpha value is -0.0800. The van der Waals surface area contributed by atoms with E-state index in [-0.39, 0.29) is 11.7 Å². The summed E-state index contributed by atoms with van der Waals surface area (Å²) in [4.78, 5) is 0. The maximum atomic E-state index is 9.40. The Balaban J connectivity index is 2.15. The van der Waals surface area contributed by atoms with Gasteiger partial charge in [0.25, 0.3) is 0 Å². The van der Waals surface area contributed by atoms with Crippen molar-refractivity contribution >= 4 is 0 Å². The van der Waals surface area contributed by atoms with Crippen molar-refractivity contribution < 1.29 is 9.84 Å². The molecule has 0 aromatic heterocycles. The predicted octanol–water partition coefficient (Wildman–Crippen LogP) is 0.936. The highest BCUT2D eigenvalue weighted by atomic mass is 16.5. The second-order valence-electron chi connectivity index (χ2n) is 3.66. The normalized spacial score (nSPS) is 48.0.